The van der Waals surface area contributed by atoms with E-state index in [9.17, 15) is 18.4 Å². The summed E-state index contributed by atoms with van der Waals surface area (Å²) in [5.41, 5.74) is 1.61. The highest BCUT2D eigenvalue weighted by Crippen LogP contribution is 2.22. The van der Waals surface area contributed by atoms with E-state index in [0.717, 1.165) is 27.3 Å². The molecule has 2 aromatic carbocycles. The number of nitrogens with zero attached hydrogens (tertiary/aromatic N) is 3. The molecule has 0 unspecified atom stereocenters. The minimum atomic E-state index is -0.911. The molecule has 0 saturated carbocycles. The van der Waals surface area contributed by atoms with Gasteiger partial charge in [-0.25, -0.2) is 18.4 Å². The number of nitrogens with one attached hydrogen (secondary N) is 1. The molecule has 1 N–H and O–H groups in total. The van der Waals surface area contributed by atoms with Crippen LogP contribution in [-0.2, 0) is 17.8 Å². The van der Waals surface area contributed by atoms with Crippen LogP contribution in [0.1, 0.15) is 10.4 Å². The summed E-state index contributed by atoms with van der Waals surface area (Å²) >= 11 is 1.21. The molecule has 0 saturated heterocycles. The Morgan fingerprint density at radius 3 is 2.61 bits per heavy atom. The number of hydrogen-bond acceptors (Lipinski definition) is 5. The third-order valence-corrected chi connectivity index (χ3v) is 5.30. The summed E-state index contributed by atoms with van der Waals surface area (Å²) in [6, 6.07) is 16.0. The molecule has 156 valence electrons. The second-order valence-corrected chi connectivity index (χ2v) is 7.80. The highest BCUT2D eigenvalue weighted by Gasteiger charge is 2.11. The second-order valence-electron chi connectivity index (χ2n) is 6.69. The molecule has 0 aliphatic rings. The minimum Gasteiger partial charge on any atom is -0.300 e. The number of carbonyl (C=O) groups is 1. The highest BCUT2D eigenvalue weighted by molar-refractivity contribution is 7.15. The molecule has 0 fully saturated rings. The fourth-order valence-electron chi connectivity index (χ4n) is 2.92. The van der Waals surface area contributed by atoms with Crippen molar-refractivity contribution in [2.45, 2.75) is 13.0 Å². The summed E-state index contributed by atoms with van der Waals surface area (Å²) in [7, 11) is 0. The van der Waals surface area contributed by atoms with Crippen molar-refractivity contribution in [2.24, 2.45) is 0 Å². The van der Waals surface area contributed by atoms with Crippen LogP contribution < -0.4 is 10.9 Å². The molecule has 2 heterocycles. The van der Waals surface area contributed by atoms with Gasteiger partial charge in [0, 0.05) is 29.1 Å². The Morgan fingerprint density at radius 1 is 1.03 bits per heavy atom. The zero-order valence-corrected chi connectivity index (χ0v) is 16.9. The number of halogens is 2. The Balaban J connectivity index is 1.42. The fraction of sp³-hybridized carbons (Fsp3) is 0.0909. The summed E-state index contributed by atoms with van der Waals surface area (Å²) in [6.07, 6.45) is 1.91. The number of carbonyl (C=O) groups excluding carboxylic acids is 1. The molecule has 4 aromatic rings. The van der Waals surface area contributed by atoms with Gasteiger partial charge in [0.25, 0.3) is 5.56 Å². The lowest BCUT2D eigenvalue weighted by Gasteiger charge is -2.07. The first-order valence-corrected chi connectivity index (χ1v) is 10.1. The monoisotopic (exact) mass is 438 g/mol. The SMILES string of the molecule is O=C(Cn1nc(-c2ccccc2)ccc1=O)Nc1ncc(Cc2ccc(F)c(F)c2)s1. The molecule has 0 radical (unpaired) electrons. The quantitative estimate of drug-likeness (QED) is 0.496. The Bertz CT molecular complexity index is 1290. The molecule has 0 spiro atoms. The van der Waals surface area contributed by atoms with E-state index in [-0.39, 0.29) is 6.54 Å². The normalized spacial score (nSPS) is 10.8. The number of rotatable bonds is 6. The van der Waals surface area contributed by atoms with Crippen LogP contribution in [0.4, 0.5) is 13.9 Å². The minimum absolute atomic E-state index is 0.266. The molecule has 0 aliphatic carbocycles. The molecule has 0 aliphatic heterocycles. The van der Waals surface area contributed by atoms with E-state index in [2.05, 4.69) is 15.4 Å². The van der Waals surface area contributed by atoms with Gasteiger partial charge in [0.1, 0.15) is 6.54 Å². The van der Waals surface area contributed by atoms with E-state index in [1.165, 1.54) is 23.5 Å². The van der Waals surface area contributed by atoms with Gasteiger partial charge in [0.15, 0.2) is 16.8 Å². The van der Waals surface area contributed by atoms with Crippen molar-refractivity contribution in [3.05, 3.63) is 99.3 Å². The first kappa shape index (κ1) is 20.5. The predicted molar refractivity (Wildman–Crippen MR) is 114 cm³/mol. The first-order valence-electron chi connectivity index (χ1n) is 9.30. The van der Waals surface area contributed by atoms with Crippen LogP contribution in [0.25, 0.3) is 11.3 Å². The Kier molecular flexibility index (Phi) is 5.94. The van der Waals surface area contributed by atoms with E-state index in [1.54, 1.807) is 12.3 Å². The van der Waals surface area contributed by atoms with Crippen molar-refractivity contribution in [1.29, 1.82) is 0 Å². The summed E-state index contributed by atoms with van der Waals surface area (Å²) < 4.78 is 27.5. The standard InChI is InChI=1S/C22H16F2N4O2S/c23-17-7-6-14(11-18(17)24)10-16-12-25-22(31-16)26-20(29)13-28-21(30)9-8-19(27-28)15-4-2-1-3-5-15/h1-9,11-12H,10,13H2,(H,25,26,29). The van der Waals surface area contributed by atoms with Gasteiger partial charge in [-0.05, 0) is 23.8 Å². The average molecular weight is 438 g/mol. The number of hydrogen-bond donors (Lipinski definition) is 1. The van der Waals surface area contributed by atoms with E-state index in [1.807, 2.05) is 30.3 Å². The summed E-state index contributed by atoms with van der Waals surface area (Å²) in [6.45, 7) is -0.266. The lowest BCUT2D eigenvalue weighted by Crippen LogP contribution is -2.29. The van der Waals surface area contributed by atoms with Gasteiger partial charge in [0.05, 0.1) is 5.69 Å². The Morgan fingerprint density at radius 2 is 1.84 bits per heavy atom. The van der Waals surface area contributed by atoms with Crippen LogP contribution in [0.2, 0.25) is 0 Å². The fourth-order valence-corrected chi connectivity index (χ4v) is 3.78. The van der Waals surface area contributed by atoms with Crippen LogP contribution >= 0.6 is 11.3 Å². The van der Waals surface area contributed by atoms with Crippen LogP contribution in [0.3, 0.4) is 0 Å². The molecule has 4 rings (SSSR count). The third kappa shape index (κ3) is 5.07. The van der Waals surface area contributed by atoms with Gasteiger partial charge in [-0.1, -0.05) is 36.4 Å². The van der Waals surface area contributed by atoms with E-state index in [4.69, 9.17) is 0 Å². The maximum absolute atomic E-state index is 13.4. The number of amides is 1. The van der Waals surface area contributed by atoms with E-state index >= 15 is 0 Å². The topological polar surface area (TPSA) is 76.9 Å². The summed E-state index contributed by atoms with van der Waals surface area (Å²) in [4.78, 5) is 29.4. The summed E-state index contributed by atoms with van der Waals surface area (Å²) in [5, 5.41) is 7.24. The zero-order valence-electron chi connectivity index (χ0n) is 16.1. The van der Waals surface area contributed by atoms with Gasteiger partial charge < -0.3 is 5.32 Å². The maximum atomic E-state index is 13.4. The van der Waals surface area contributed by atoms with Crippen LogP contribution in [0.15, 0.2) is 71.7 Å². The third-order valence-electron chi connectivity index (χ3n) is 4.39. The first-order chi connectivity index (χ1) is 15.0. The number of aromatic nitrogens is 3. The van der Waals surface area contributed by atoms with Crippen molar-refractivity contribution in [3.63, 3.8) is 0 Å². The lowest BCUT2D eigenvalue weighted by molar-refractivity contribution is -0.117. The molecular formula is C22H16F2N4O2S. The molecular weight excluding hydrogens is 422 g/mol. The molecule has 31 heavy (non-hydrogen) atoms. The lowest BCUT2D eigenvalue weighted by atomic mass is 10.1. The molecule has 0 atom stereocenters. The largest absolute Gasteiger partial charge is 0.300 e. The van der Waals surface area contributed by atoms with Gasteiger partial charge in [0.2, 0.25) is 5.91 Å². The highest BCUT2D eigenvalue weighted by atomic mass is 32.1. The van der Waals surface area contributed by atoms with Crippen molar-refractivity contribution in [3.8, 4) is 11.3 Å². The number of benzene rings is 2. The molecule has 1 amide bonds. The van der Waals surface area contributed by atoms with Gasteiger partial charge in [-0.3, -0.25) is 9.59 Å². The number of thiazole rings is 1. The van der Waals surface area contributed by atoms with Crippen molar-refractivity contribution >= 4 is 22.4 Å². The van der Waals surface area contributed by atoms with Gasteiger partial charge >= 0.3 is 0 Å². The van der Waals surface area contributed by atoms with E-state index in [0.29, 0.717) is 22.8 Å². The zero-order chi connectivity index (χ0) is 21.8. The van der Waals surface area contributed by atoms with Gasteiger partial charge in [-0.2, -0.15) is 5.10 Å². The Labute approximate surface area is 179 Å². The van der Waals surface area contributed by atoms with Crippen molar-refractivity contribution in [2.75, 3.05) is 5.32 Å². The average Bonchev–Trinajstić information content (AvgIpc) is 3.19. The van der Waals surface area contributed by atoms with Gasteiger partial charge in [-0.15, -0.1) is 11.3 Å². The smallest absolute Gasteiger partial charge is 0.267 e. The molecule has 9 heteroatoms. The van der Waals surface area contributed by atoms with Crippen molar-refractivity contribution in [1.82, 2.24) is 14.8 Å². The molecule has 0 bridgehead atoms. The van der Waals surface area contributed by atoms with Crippen LogP contribution in [0, 0.1) is 11.6 Å². The maximum Gasteiger partial charge on any atom is 0.267 e. The van der Waals surface area contributed by atoms with Crippen LogP contribution in [0.5, 0.6) is 0 Å². The molecule has 2 aromatic heterocycles. The second kappa shape index (κ2) is 8.97. The molecule has 6 nitrogen and oxygen atoms in total. The number of anilines is 1. The van der Waals surface area contributed by atoms with E-state index < -0.39 is 23.1 Å². The predicted octanol–water partition coefficient (Wildman–Crippen LogP) is 3.87. The van der Waals surface area contributed by atoms with Crippen molar-refractivity contribution < 1.29 is 13.6 Å². The summed E-state index contributed by atoms with van der Waals surface area (Å²) in [5.74, 6) is -2.26. The Hall–Kier alpha value is -3.72. The van der Waals surface area contributed by atoms with Crippen LogP contribution in [-0.4, -0.2) is 20.7 Å².